The highest BCUT2D eigenvalue weighted by Crippen LogP contribution is 2.09. The quantitative estimate of drug-likeness (QED) is 0.359. The van der Waals surface area contributed by atoms with Crippen LogP contribution in [0.4, 0.5) is 0 Å². The van der Waals surface area contributed by atoms with Crippen molar-refractivity contribution < 1.29 is 4.74 Å². The fraction of sp³-hybridized carbons (Fsp3) is 0.929. The fourth-order valence-corrected chi connectivity index (χ4v) is 1.81. The van der Waals surface area contributed by atoms with E-state index in [1.807, 2.05) is 6.92 Å². The number of ether oxygens (including phenoxy) is 1. The summed E-state index contributed by atoms with van der Waals surface area (Å²) in [7, 11) is 1.68. The molecule has 4 nitrogen and oxygen atoms in total. The average molecular weight is 257 g/mol. The van der Waals surface area contributed by atoms with Crippen molar-refractivity contribution >= 4 is 5.96 Å². The van der Waals surface area contributed by atoms with Gasteiger partial charge in [-0.2, -0.15) is 0 Å². The monoisotopic (exact) mass is 257 g/mol. The van der Waals surface area contributed by atoms with E-state index in [-0.39, 0.29) is 6.04 Å². The Balaban J connectivity index is 3.45. The number of unbranched alkanes of at least 4 members (excludes halogenated alkanes) is 3. The third kappa shape index (κ3) is 11.7. The average Bonchev–Trinajstić information content (AvgIpc) is 2.27. The number of hydrogen-bond acceptors (Lipinski definition) is 2. The van der Waals surface area contributed by atoms with Gasteiger partial charge in [0.1, 0.15) is 0 Å². The highest BCUT2D eigenvalue weighted by Gasteiger charge is 2.00. The van der Waals surface area contributed by atoms with E-state index in [4.69, 9.17) is 10.5 Å². The molecule has 0 spiro atoms. The smallest absolute Gasteiger partial charge is 0.188 e. The van der Waals surface area contributed by atoms with Gasteiger partial charge in [-0.25, -0.2) is 0 Å². The van der Waals surface area contributed by atoms with Crippen LogP contribution in [0.25, 0.3) is 0 Å². The summed E-state index contributed by atoms with van der Waals surface area (Å²) < 4.78 is 5.02. The molecule has 108 valence electrons. The molecule has 0 saturated carbocycles. The molecule has 0 aromatic carbocycles. The highest BCUT2D eigenvalue weighted by atomic mass is 16.5. The van der Waals surface area contributed by atoms with Crippen LogP contribution in [0.5, 0.6) is 0 Å². The second kappa shape index (κ2) is 11.3. The van der Waals surface area contributed by atoms with Crippen molar-refractivity contribution in [3.8, 4) is 0 Å². The van der Waals surface area contributed by atoms with E-state index in [0.29, 0.717) is 12.6 Å². The maximum Gasteiger partial charge on any atom is 0.188 e. The van der Waals surface area contributed by atoms with Crippen molar-refractivity contribution in [3.63, 3.8) is 0 Å². The number of aliphatic imine (C=N–C) groups is 1. The lowest BCUT2D eigenvalue weighted by Gasteiger charge is -2.12. The first-order valence-corrected chi connectivity index (χ1v) is 7.11. The van der Waals surface area contributed by atoms with Crippen molar-refractivity contribution in [1.29, 1.82) is 0 Å². The van der Waals surface area contributed by atoms with Crippen molar-refractivity contribution in [2.75, 3.05) is 20.3 Å². The van der Waals surface area contributed by atoms with E-state index in [2.05, 4.69) is 24.2 Å². The molecule has 0 aromatic heterocycles. The summed E-state index contributed by atoms with van der Waals surface area (Å²) in [6, 6.07) is 0.213. The summed E-state index contributed by atoms with van der Waals surface area (Å²) in [4.78, 5) is 4.31. The van der Waals surface area contributed by atoms with Gasteiger partial charge in [-0.15, -0.1) is 0 Å². The molecule has 0 heterocycles. The molecule has 0 aromatic rings. The van der Waals surface area contributed by atoms with E-state index < -0.39 is 0 Å². The standard InChI is InChI=1S/C14H31N3O/c1-12(2)9-7-5-6-8-10-16-14(15)17-13(3)11-18-4/h12-13H,5-11H2,1-4H3,(H3,15,16,17). The zero-order valence-electron chi connectivity index (χ0n) is 12.5. The van der Waals surface area contributed by atoms with Crippen LogP contribution in [-0.2, 0) is 4.74 Å². The zero-order chi connectivity index (χ0) is 13.8. The van der Waals surface area contributed by atoms with Gasteiger partial charge in [-0.3, -0.25) is 4.99 Å². The lowest BCUT2D eigenvalue weighted by atomic mass is 10.0. The van der Waals surface area contributed by atoms with Crippen molar-refractivity contribution in [3.05, 3.63) is 0 Å². The highest BCUT2D eigenvalue weighted by molar-refractivity contribution is 5.78. The Hall–Kier alpha value is -0.770. The molecule has 0 amide bonds. The summed E-state index contributed by atoms with van der Waals surface area (Å²) in [5.74, 6) is 1.35. The van der Waals surface area contributed by atoms with E-state index in [1.54, 1.807) is 7.11 Å². The number of nitrogens with zero attached hydrogens (tertiary/aromatic N) is 1. The lowest BCUT2D eigenvalue weighted by molar-refractivity contribution is 0.179. The van der Waals surface area contributed by atoms with Crippen LogP contribution in [0.1, 0.15) is 52.9 Å². The molecule has 0 radical (unpaired) electrons. The molecule has 0 fully saturated rings. The van der Waals surface area contributed by atoms with Gasteiger partial charge in [0.05, 0.1) is 6.61 Å². The Morgan fingerprint density at radius 2 is 1.83 bits per heavy atom. The lowest BCUT2D eigenvalue weighted by Crippen LogP contribution is -2.40. The molecule has 0 bridgehead atoms. The first-order chi connectivity index (χ1) is 8.56. The van der Waals surface area contributed by atoms with Crippen molar-refractivity contribution in [2.24, 2.45) is 16.6 Å². The summed E-state index contributed by atoms with van der Waals surface area (Å²) in [6.45, 7) is 8.04. The molecule has 0 saturated heterocycles. The molecule has 0 rings (SSSR count). The molecular weight excluding hydrogens is 226 g/mol. The summed E-state index contributed by atoms with van der Waals surface area (Å²) in [5, 5.41) is 3.10. The van der Waals surface area contributed by atoms with Gasteiger partial charge < -0.3 is 15.8 Å². The van der Waals surface area contributed by atoms with Gasteiger partial charge in [0.2, 0.25) is 0 Å². The Morgan fingerprint density at radius 1 is 1.17 bits per heavy atom. The molecule has 1 unspecified atom stereocenters. The van der Waals surface area contributed by atoms with E-state index >= 15 is 0 Å². The molecule has 0 aliphatic rings. The number of hydrogen-bond donors (Lipinski definition) is 2. The number of rotatable bonds is 10. The molecule has 0 aliphatic carbocycles. The second-order valence-electron chi connectivity index (χ2n) is 5.36. The minimum Gasteiger partial charge on any atom is -0.383 e. The number of methoxy groups -OCH3 is 1. The molecule has 4 heteroatoms. The molecule has 1 atom stereocenters. The zero-order valence-corrected chi connectivity index (χ0v) is 12.5. The molecule has 0 aliphatic heterocycles. The molecule has 3 N–H and O–H groups in total. The Kier molecular flexibility index (Phi) is 10.8. The maximum atomic E-state index is 5.77. The Morgan fingerprint density at radius 3 is 2.44 bits per heavy atom. The SMILES string of the molecule is COCC(C)NC(N)=NCCCCCCC(C)C. The van der Waals surface area contributed by atoms with Gasteiger partial charge in [0.15, 0.2) is 5.96 Å². The minimum absolute atomic E-state index is 0.213. The van der Waals surface area contributed by atoms with Gasteiger partial charge in [-0.05, 0) is 19.3 Å². The molecule has 18 heavy (non-hydrogen) atoms. The Labute approximate surface area is 112 Å². The third-order valence-corrected chi connectivity index (χ3v) is 2.78. The minimum atomic E-state index is 0.213. The van der Waals surface area contributed by atoms with Crippen molar-refractivity contribution in [1.82, 2.24) is 5.32 Å². The van der Waals surface area contributed by atoms with E-state index in [0.717, 1.165) is 18.9 Å². The summed E-state index contributed by atoms with van der Waals surface area (Å²) in [5.41, 5.74) is 5.77. The van der Waals surface area contributed by atoms with Crippen molar-refractivity contribution in [2.45, 2.75) is 58.9 Å². The van der Waals surface area contributed by atoms with Crippen LogP contribution in [-0.4, -0.2) is 32.3 Å². The van der Waals surface area contributed by atoms with E-state index in [9.17, 15) is 0 Å². The Bertz CT molecular complexity index is 217. The first-order valence-electron chi connectivity index (χ1n) is 7.11. The summed E-state index contributed by atoms with van der Waals surface area (Å²) in [6.07, 6.45) is 6.35. The van der Waals surface area contributed by atoms with Gasteiger partial charge in [0.25, 0.3) is 0 Å². The van der Waals surface area contributed by atoms with Crippen LogP contribution in [0, 0.1) is 5.92 Å². The van der Waals surface area contributed by atoms with Crippen LogP contribution >= 0.6 is 0 Å². The second-order valence-corrected chi connectivity index (χ2v) is 5.36. The van der Waals surface area contributed by atoms with Crippen LogP contribution in [0.3, 0.4) is 0 Å². The normalized spacial score (nSPS) is 13.9. The topological polar surface area (TPSA) is 59.6 Å². The van der Waals surface area contributed by atoms with Gasteiger partial charge in [0, 0.05) is 19.7 Å². The predicted molar refractivity (Wildman–Crippen MR) is 78.9 cm³/mol. The molecular formula is C14H31N3O. The maximum absolute atomic E-state index is 5.77. The summed E-state index contributed by atoms with van der Waals surface area (Å²) >= 11 is 0. The van der Waals surface area contributed by atoms with Gasteiger partial charge >= 0.3 is 0 Å². The van der Waals surface area contributed by atoms with Crippen LogP contribution in [0.15, 0.2) is 4.99 Å². The van der Waals surface area contributed by atoms with Crippen LogP contribution in [0.2, 0.25) is 0 Å². The third-order valence-electron chi connectivity index (χ3n) is 2.78. The number of guanidine groups is 1. The first kappa shape index (κ1) is 17.2. The predicted octanol–water partition coefficient (Wildman–Crippen LogP) is 2.53. The number of nitrogens with two attached hydrogens (primary N) is 1. The van der Waals surface area contributed by atoms with E-state index in [1.165, 1.54) is 25.7 Å². The van der Waals surface area contributed by atoms with Crippen LogP contribution < -0.4 is 11.1 Å². The number of nitrogens with one attached hydrogen (secondary N) is 1. The largest absolute Gasteiger partial charge is 0.383 e. The van der Waals surface area contributed by atoms with Gasteiger partial charge in [-0.1, -0.05) is 39.5 Å². The fourth-order valence-electron chi connectivity index (χ4n) is 1.81.